The summed E-state index contributed by atoms with van der Waals surface area (Å²) < 4.78 is 0. The van der Waals surface area contributed by atoms with Crippen molar-refractivity contribution in [2.75, 3.05) is 26.2 Å². The van der Waals surface area contributed by atoms with Crippen LogP contribution in [0.3, 0.4) is 0 Å². The lowest BCUT2D eigenvalue weighted by atomic mass is 10.1. The highest BCUT2D eigenvalue weighted by Gasteiger charge is 2.31. The van der Waals surface area contributed by atoms with Gasteiger partial charge in [0.05, 0.1) is 12.1 Å². The molecule has 0 aromatic heterocycles. The number of amides is 1. The molecule has 2 rings (SSSR count). The minimum atomic E-state index is -0.631. The summed E-state index contributed by atoms with van der Waals surface area (Å²) in [5.74, 6) is 0.0516. The molecule has 0 aliphatic carbocycles. The second-order valence-electron chi connectivity index (χ2n) is 5.90. The van der Waals surface area contributed by atoms with Gasteiger partial charge in [0, 0.05) is 19.6 Å². The van der Waals surface area contributed by atoms with Crippen molar-refractivity contribution in [3.8, 4) is 0 Å². The average Bonchev–Trinajstić information content (AvgIpc) is 2.75. The molecule has 4 heteroatoms. The molecule has 1 amide bonds. The number of β-amino-alcohol motifs (C(OH)–C–C–N with tert-alkyl or cyclic N) is 1. The quantitative estimate of drug-likeness (QED) is 0.768. The zero-order chi connectivity index (χ0) is 14.4. The normalized spacial score (nSPS) is 22.9. The summed E-state index contributed by atoms with van der Waals surface area (Å²) in [4.78, 5) is 13.8. The molecule has 1 aromatic carbocycles. The molecule has 4 nitrogen and oxygen atoms in total. The lowest BCUT2D eigenvalue weighted by Gasteiger charge is -2.18. The van der Waals surface area contributed by atoms with Crippen LogP contribution in [0.25, 0.3) is 0 Å². The van der Waals surface area contributed by atoms with Gasteiger partial charge in [-0.05, 0) is 31.7 Å². The van der Waals surface area contributed by atoms with Gasteiger partial charge in [-0.15, -0.1) is 0 Å². The molecule has 1 heterocycles. The molecule has 0 bridgehead atoms. The third-order valence-corrected chi connectivity index (χ3v) is 3.71. The van der Waals surface area contributed by atoms with Gasteiger partial charge in [-0.1, -0.05) is 30.3 Å². The van der Waals surface area contributed by atoms with Crippen LogP contribution in [0, 0.1) is 0 Å². The highest BCUT2D eigenvalue weighted by Crippen LogP contribution is 2.19. The van der Waals surface area contributed by atoms with Crippen LogP contribution < -0.4 is 5.32 Å². The Morgan fingerprint density at radius 3 is 2.80 bits per heavy atom. The maximum atomic E-state index is 11.8. The number of nitrogens with zero attached hydrogens (tertiary/aromatic N) is 1. The molecule has 1 aliphatic heterocycles. The van der Waals surface area contributed by atoms with Gasteiger partial charge in [0.2, 0.25) is 5.91 Å². The Kier molecular flexibility index (Phi) is 5.15. The van der Waals surface area contributed by atoms with Gasteiger partial charge < -0.3 is 10.4 Å². The van der Waals surface area contributed by atoms with Crippen LogP contribution in [-0.2, 0) is 11.2 Å². The van der Waals surface area contributed by atoms with Gasteiger partial charge in [-0.3, -0.25) is 9.69 Å². The molecule has 0 saturated carbocycles. The Balaban J connectivity index is 1.59. The summed E-state index contributed by atoms with van der Waals surface area (Å²) in [6.45, 7) is 4.30. The maximum Gasteiger partial charge on any atom is 0.234 e. The molecule has 1 saturated heterocycles. The molecular formula is C16H24N2O2. The van der Waals surface area contributed by atoms with E-state index in [1.165, 1.54) is 5.56 Å². The highest BCUT2D eigenvalue weighted by atomic mass is 16.3. The standard InChI is InChI=1S/C16H24N2O2/c1-16(20)9-11-18(13-16)12-15(19)17-10-5-8-14-6-3-2-4-7-14/h2-4,6-7,20H,5,8-13H2,1H3,(H,17,19). The van der Waals surface area contributed by atoms with Gasteiger partial charge >= 0.3 is 0 Å². The molecule has 1 atom stereocenters. The summed E-state index contributed by atoms with van der Waals surface area (Å²) in [6, 6.07) is 10.3. The Labute approximate surface area is 120 Å². The van der Waals surface area contributed by atoms with Crippen LogP contribution in [0.5, 0.6) is 0 Å². The van der Waals surface area contributed by atoms with E-state index >= 15 is 0 Å². The number of hydrogen-bond donors (Lipinski definition) is 2. The molecule has 2 N–H and O–H groups in total. The van der Waals surface area contributed by atoms with E-state index in [4.69, 9.17) is 0 Å². The van der Waals surface area contributed by atoms with Crippen molar-refractivity contribution in [1.82, 2.24) is 10.2 Å². The van der Waals surface area contributed by atoms with Crippen LogP contribution in [0.4, 0.5) is 0 Å². The third kappa shape index (κ3) is 4.94. The average molecular weight is 276 g/mol. The number of nitrogens with one attached hydrogen (secondary N) is 1. The molecular weight excluding hydrogens is 252 g/mol. The van der Waals surface area contributed by atoms with Crippen LogP contribution in [0.1, 0.15) is 25.3 Å². The van der Waals surface area contributed by atoms with Gasteiger partial charge in [0.25, 0.3) is 0 Å². The number of rotatable bonds is 6. The maximum absolute atomic E-state index is 11.8. The highest BCUT2D eigenvalue weighted by molar-refractivity contribution is 5.78. The van der Waals surface area contributed by atoms with Crippen molar-refractivity contribution in [2.45, 2.75) is 31.8 Å². The first-order valence-corrected chi connectivity index (χ1v) is 7.30. The van der Waals surface area contributed by atoms with Crippen LogP contribution in [0.15, 0.2) is 30.3 Å². The number of likely N-dealkylation sites (tertiary alicyclic amines) is 1. The molecule has 20 heavy (non-hydrogen) atoms. The number of carbonyl (C=O) groups is 1. The van der Waals surface area contributed by atoms with Gasteiger partial charge in [-0.2, -0.15) is 0 Å². The third-order valence-electron chi connectivity index (χ3n) is 3.71. The number of carbonyl (C=O) groups excluding carboxylic acids is 1. The first kappa shape index (κ1) is 15.0. The van der Waals surface area contributed by atoms with E-state index < -0.39 is 5.60 Å². The molecule has 110 valence electrons. The Morgan fingerprint density at radius 1 is 1.40 bits per heavy atom. The van der Waals surface area contributed by atoms with E-state index in [-0.39, 0.29) is 5.91 Å². The second-order valence-corrected chi connectivity index (χ2v) is 5.90. The van der Waals surface area contributed by atoms with Crippen LogP contribution in [-0.4, -0.2) is 47.7 Å². The minimum Gasteiger partial charge on any atom is -0.389 e. The predicted molar refractivity (Wildman–Crippen MR) is 79.5 cm³/mol. The SMILES string of the molecule is CC1(O)CCN(CC(=O)NCCCc2ccccc2)C1. The summed E-state index contributed by atoms with van der Waals surface area (Å²) in [7, 11) is 0. The Bertz CT molecular complexity index is 431. The molecule has 0 radical (unpaired) electrons. The Morgan fingerprint density at radius 2 is 2.15 bits per heavy atom. The van der Waals surface area contributed by atoms with Crippen molar-refractivity contribution in [3.63, 3.8) is 0 Å². The number of hydrogen-bond acceptors (Lipinski definition) is 3. The lowest BCUT2D eigenvalue weighted by Crippen LogP contribution is -2.38. The summed E-state index contributed by atoms with van der Waals surface area (Å²) in [5, 5.41) is 12.8. The van der Waals surface area contributed by atoms with Crippen molar-refractivity contribution in [2.24, 2.45) is 0 Å². The fourth-order valence-electron chi connectivity index (χ4n) is 2.60. The van der Waals surface area contributed by atoms with E-state index in [2.05, 4.69) is 17.4 Å². The first-order valence-electron chi connectivity index (χ1n) is 7.30. The smallest absolute Gasteiger partial charge is 0.234 e. The second kappa shape index (κ2) is 6.86. The predicted octanol–water partition coefficient (Wildman–Crippen LogP) is 1.19. The zero-order valence-electron chi connectivity index (χ0n) is 12.1. The first-order chi connectivity index (χ1) is 9.55. The fraction of sp³-hybridized carbons (Fsp3) is 0.562. The molecule has 1 aliphatic rings. The van der Waals surface area contributed by atoms with Crippen LogP contribution >= 0.6 is 0 Å². The largest absolute Gasteiger partial charge is 0.389 e. The summed E-state index contributed by atoms with van der Waals surface area (Å²) in [5.41, 5.74) is 0.672. The molecule has 1 aromatic rings. The fourth-order valence-corrected chi connectivity index (χ4v) is 2.60. The van der Waals surface area contributed by atoms with Crippen molar-refractivity contribution < 1.29 is 9.90 Å². The van der Waals surface area contributed by atoms with Crippen LogP contribution in [0.2, 0.25) is 0 Å². The van der Waals surface area contributed by atoms with E-state index in [0.717, 1.165) is 25.8 Å². The number of aliphatic hydroxyl groups is 1. The van der Waals surface area contributed by atoms with Crippen molar-refractivity contribution >= 4 is 5.91 Å². The van der Waals surface area contributed by atoms with E-state index in [0.29, 0.717) is 19.6 Å². The van der Waals surface area contributed by atoms with Crippen molar-refractivity contribution in [1.29, 1.82) is 0 Å². The van der Waals surface area contributed by atoms with E-state index in [1.54, 1.807) is 0 Å². The van der Waals surface area contributed by atoms with Crippen molar-refractivity contribution in [3.05, 3.63) is 35.9 Å². The number of benzene rings is 1. The molecule has 0 spiro atoms. The Hall–Kier alpha value is -1.39. The zero-order valence-corrected chi connectivity index (χ0v) is 12.1. The summed E-state index contributed by atoms with van der Waals surface area (Å²) in [6.07, 6.45) is 2.68. The molecule has 1 fully saturated rings. The van der Waals surface area contributed by atoms with E-state index in [9.17, 15) is 9.90 Å². The monoisotopic (exact) mass is 276 g/mol. The van der Waals surface area contributed by atoms with E-state index in [1.807, 2.05) is 30.0 Å². The van der Waals surface area contributed by atoms with Gasteiger partial charge in [-0.25, -0.2) is 0 Å². The van der Waals surface area contributed by atoms with Gasteiger partial charge in [0.15, 0.2) is 0 Å². The molecule has 1 unspecified atom stereocenters. The topological polar surface area (TPSA) is 52.6 Å². The van der Waals surface area contributed by atoms with Gasteiger partial charge in [0.1, 0.15) is 0 Å². The lowest BCUT2D eigenvalue weighted by molar-refractivity contribution is -0.122. The minimum absolute atomic E-state index is 0.0516. The summed E-state index contributed by atoms with van der Waals surface area (Å²) >= 11 is 0. The number of aryl methyl sites for hydroxylation is 1.